The molecule has 1 saturated heterocycles. The summed E-state index contributed by atoms with van der Waals surface area (Å²) in [6.07, 6.45) is -0.221. The van der Waals surface area contributed by atoms with Gasteiger partial charge in [-0.3, -0.25) is 0 Å². The van der Waals surface area contributed by atoms with Crippen molar-refractivity contribution in [2.24, 2.45) is 5.92 Å². The minimum absolute atomic E-state index is 0.0877. The predicted molar refractivity (Wildman–Crippen MR) is 87.8 cm³/mol. The number of nitrogens with zero attached hydrogens (tertiary/aromatic N) is 2. The predicted octanol–water partition coefficient (Wildman–Crippen LogP) is 2.74. The number of aromatic nitrogens is 2. The second-order valence-corrected chi connectivity index (χ2v) is 6.43. The number of carboxylic acid groups (broad SMARTS) is 1. The molecule has 1 aromatic heterocycles. The Labute approximate surface area is 135 Å². The highest BCUT2D eigenvalue weighted by atomic mass is 16.5. The molecule has 1 aliphatic heterocycles. The quantitative estimate of drug-likeness (QED) is 0.912. The summed E-state index contributed by atoms with van der Waals surface area (Å²) in [5, 5.41) is 9.14. The Morgan fingerprint density at radius 3 is 2.91 bits per heavy atom. The number of H-pyrrole nitrogens is 1. The summed E-state index contributed by atoms with van der Waals surface area (Å²) < 4.78 is 5.77. The van der Waals surface area contributed by atoms with Crippen LogP contribution in [-0.4, -0.2) is 51.9 Å². The maximum atomic E-state index is 11.1. The molecular formula is C17H23N3O3. The highest BCUT2D eigenvalue weighted by molar-refractivity contribution is 5.81. The standard InChI is InChI=1S/C17H23N3O3/c1-10-4-5-11(2)16-15(10)18-14(19-16)8-12(3)13-9-20(17(21)22)6-7-23-13/h4-5,12-13H,6-9H2,1-3H3,(H,18,19)(H,21,22). The first-order chi connectivity index (χ1) is 11.0. The zero-order valence-electron chi connectivity index (χ0n) is 13.8. The maximum Gasteiger partial charge on any atom is 0.407 e. The van der Waals surface area contributed by atoms with Crippen LogP contribution in [0, 0.1) is 19.8 Å². The van der Waals surface area contributed by atoms with Crippen LogP contribution in [0.25, 0.3) is 11.0 Å². The van der Waals surface area contributed by atoms with Gasteiger partial charge >= 0.3 is 6.09 Å². The normalized spacial score (nSPS) is 20.0. The summed E-state index contributed by atoms with van der Waals surface area (Å²) in [4.78, 5) is 20.7. The van der Waals surface area contributed by atoms with Crippen LogP contribution >= 0.6 is 0 Å². The lowest BCUT2D eigenvalue weighted by atomic mass is 9.99. The van der Waals surface area contributed by atoms with Crippen molar-refractivity contribution in [2.75, 3.05) is 19.7 Å². The average molecular weight is 317 g/mol. The van der Waals surface area contributed by atoms with E-state index in [1.165, 1.54) is 10.5 Å². The van der Waals surface area contributed by atoms with Crippen LogP contribution < -0.4 is 0 Å². The summed E-state index contributed by atoms with van der Waals surface area (Å²) in [7, 11) is 0. The van der Waals surface area contributed by atoms with E-state index in [0.717, 1.165) is 28.8 Å². The number of hydrogen-bond acceptors (Lipinski definition) is 3. The van der Waals surface area contributed by atoms with Crippen molar-refractivity contribution in [1.82, 2.24) is 14.9 Å². The molecule has 2 atom stereocenters. The lowest BCUT2D eigenvalue weighted by Crippen LogP contribution is -2.47. The van der Waals surface area contributed by atoms with E-state index < -0.39 is 6.09 Å². The molecule has 6 nitrogen and oxygen atoms in total. The molecule has 2 N–H and O–H groups in total. The number of nitrogens with one attached hydrogen (secondary N) is 1. The molecule has 1 fully saturated rings. The van der Waals surface area contributed by atoms with Gasteiger partial charge in [-0.25, -0.2) is 9.78 Å². The van der Waals surface area contributed by atoms with Crippen molar-refractivity contribution in [3.63, 3.8) is 0 Å². The summed E-state index contributed by atoms with van der Waals surface area (Å²) in [5.41, 5.74) is 4.45. The average Bonchev–Trinajstić information content (AvgIpc) is 2.96. The van der Waals surface area contributed by atoms with Gasteiger partial charge in [0.05, 0.1) is 30.3 Å². The van der Waals surface area contributed by atoms with Gasteiger partial charge in [0.25, 0.3) is 0 Å². The fourth-order valence-electron chi connectivity index (χ4n) is 3.13. The van der Waals surface area contributed by atoms with Crippen LogP contribution in [0.3, 0.4) is 0 Å². The molecule has 0 aliphatic carbocycles. The van der Waals surface area contributed by atoms with Crippen molar-refractivity contribution in [2.45, 2.75) is 33.3 Å². The number of hydrogen-bond donors (Lipinski definition) is 2. The minimum Gasteiger partial charge on any atom is -0.465 e. The molecule has 0 spiro atoms. The smallest absolute Gasteiger partial charge is 0.407 e. The number of morpholine rings is 1. The van der Waals surface area contributed by atoms with E-state index >= 15 is 0 Å². The number of imidazole rings is 1. The van der Waals surface area contributed by atoms with Crippen LogP contribution in [0.1, 0.15) is 23.9 Å². The molecule has 6 heteroatoms. The van der Waals surface area contributed by atoms with E-state index in [1.807, 2.05) is 0 Å². The largest absolute Gasteiger partial charge is 0.465 e. The Morgan fingerprint density at radius 2 is 2.22 bits per heavy atom. The first-order valence-electron chi connectivity index (χ1n) is 8.00. The highest BCUT2D eigenvalue weighted by Gasteiger charge is 2.28. The molecular weight excluding hydrogens is 294 g/mol. The highest BCUT2D eigenvalue weighted by Crippen LogP contribution is 2.23. The van der Waals surface area contributed by atoms with Gasteiger partial charge in [0.2, 0.25) is 0 Å². The third-order valence-corrected chi connectivity index (χ3v) is 4.62. The topological polar surface area (TPSA) is 78.5 Å². The van der Waals surface area contributed by atoms with E-state index in [4.69, 9.17) is 14.8 Å². The third-order valence-electron chi connectivity index (χ3n) is 4.62. The zero-order valence-corrected chi connectivity index (χ0v) is 13.8. The second kappa shape index (κ2) is 6.20. The van der Waals surface area contributed by atoms with Crippen LogP contribution in [0.2, 0.25) is 0 Å². The Hall–Kier alpha value is -2.08. The molecule has 2 heterocycles. The number of aryl methyl sites for hydroxylation is 2. The van der Waals surface area contributed by atoms with Crippen LogP contribution in [-0.2, 0) is 11.2 Å². The summed E-state index contributed by atoms with van der Waals surface area (Å²) in [5.74, 6) is 1.12. The van der Waals surface area contributed by atoms with Crippen molar-refractivity contribution >= 4 is 17.1 Å². The maximum absolute atomic E-state index is 11.1. The van der Waals surface area contributed by atoms with Crippen molar-refractivity contribution < 1.29 is 14.6 Å². The second-order valence-electron chi connectivity index (χ2n) is 6.43. The first kappa shape index (κ1) is 15.8. The number of carbonyl (C=O) groups is 1. The number of aromatic amines is 1. The van der Waals surface area contributed by atoms with Gasteiger partial charge in [-0.1, -0.05) is 19.1 Å². The fraction of sp³-hybridized carbons (Fsp3) is 0.529. The van der Waals surface area contributed by atoms with Gasteiger partial charge in [-0.2, -0.15) is 0 Å². The number of ether oxygens (including phenoxy) is 1. The molecule has 23 heavy (non-hydrogen) atoms. The van der Waals surface area contributed by atoms with Gasteiger partial charge in [0.1, 0.15) is 5.82 Å². The lowest BCUT2D eigenvalue weighted by molar-refractivity contribution is -0.0470. The Kier molecular flexibility index (Phi) is 4.26. The molecule has 0 saturated carbocycles. The first-order valence-corrected chi connectivity index (χ1v) is 8.00. The van der Waals surface area contributed by atoms with Crippen molar-refractivity contribution in [1.29, 1.82) is 0 Å². The van der Waals surface area contributed by atoms with Crippen LogP contribution in [0.4, 0.5) is 4.79 Å². The van der Waals surface area contributed by atoms with Gasteiger partial charge in [0.15, 0.2) is 0 Å². The van der Waals surface area contributed by atoms with E-state index in [0.29, 0.717) is 19.7 Å². The molecule has 3 rings (SSSR count). The Bertz CT molecular complexity index is 686. The molecule has 2 unspecified atom stereocenters. The Morgan fingerprint density at radius 1 is 1.48 bits per heavy atom. The van der Waals surface area contributed by atoms with E-state index in [-0.39, 0.29) is 12.0 Å². The van der Waals surface area contributed by atoms with E-state index in [2.05, 4.69) is 37.9 Å². The molecule has 1 aromatic carbocycles. The van der Waals surface area contributed by atoms with Crippen LogP contribution in [0.15, 0.2) is 12.1 Å². The van der Waals surface area contributed by atoms with Crippen molar-refractivity contribution in [3.8, 4) is 0 Å². The third kappa shape index (κ3) is 3.17. The fourth-order valence-corrected chi connectivity index (χ4v) is 3.13. The number of fused-ring (bicyclic) bond motifs is 1. The van der Waals surface area contributed by atoms with Gasteiger partial charge in [0, 0.05) is 13.0 Å². The number of benzene rings is 1. The Balaban J connectivity index is 1.75. The van der Waals surface area contributed by atoms with E-state index in [1.54, 1.807) is 0 Å². The monoisotopic (exact) mass is 317 g/mol. The summed E-state index contributed by atoms with van der Waals surface area (Å²) in [6, 6.07) is 4.18. The molecule has 124 valence electrons. The molecule has 1 aliphatic rings. The minimum atomic E-state index is -0.875. The van der Waals surface area contributed by atoms with Gasteiger partial charge < -0.3 is 19.7 Å². The zero-order chi connectivity index (χ0) is 16.6. The van der Waals surface area contributed by atoms with E-state index in [9.17, 15) is 4.79 Å². The number of amides is 1. The summed E-state index contributed by atoms with van der Waals surface area (Å²) in [6.45, 7) is 7.55. The summed E-state index contributed by atoms with van der Waals surface area (Å²) >= 11 is 0. The number of rotatable bonds is 3. The molecule has 2 aromatic rings. The van der Waals surface area contributed by atoms with Gasteiger partial charge in [-0.05, 0) is 30.9 Å². The van der Waals surface area contributed by atoms with Crippen molar-refractivity contribution in [3.05, 3.63) is 29.1 Å². The van der Waals surface area contributed by atoms with Crippen LogP contribution in [0.5, 0.6) is 0 Å². The molecule has 0 bridgehead atoms. The molecule has 0 radical (unpaired) electrons. The molecule has 1 amide bonds. The lowest BCUT2D eigenvalue weighted by Gasteiger charge is -2.34. The van der Waals surface area contributed by atoms with Gasteiger partial charge in [-0.15, -0.1) is 0 Å². The SMILES string of the molecule is Cc1ccc(C)c2[nH]c(CC(C)C3CN(C(=O)O)CCO3)nc12.